The number of carbonyl (C=O) groups excluding carboxylic acids is 1. The minimum atomic E-state index is -0.708. The van der Waals surface area contributed by atoms with E-state index in [1.807, 2.05) is 19.2 Å². The maximum Gasteiger partial charge on any atom is 0.345 e. The van der Waals surface area contributed by atoms with Gasteiger partial charge in [0.25, 0.3) is 5.69 Å². The third kappa shape index (κ3) is 4.04. The smallest absolute Gasteiger partial charge is 0.345 e. The van der Waals surface area contributed by atoms with Crippen LogP contribution < -0.4 is 5.32 Å². The van der Waals surface area contributed by atoms with Gasteiger partial charge >= 0.3 is 5.97 Å². The fourth-order valence-electron chi connectivity index (χ4n) is 2.04. The number of rotatable bonds is 6. The molecule has 1 aromatic heterocycles. The van der Waals surface area contributed by atoms with Gasteiger partial charge in [-0.3, -0.25) is 10.1 Å². The van der Waals surface area contributed by atoms with Gasteiger partial charge in [0.1, 0.15) is 10.6 Å². The van der Waals surface area contributed by atoms with Gasteiger partial charge in [-0.15, -0.1) is 11.3 Å². The van der Waals surface area contributed by atoms with Crippen LogP contribution in [0.4, 0.5) is 11.4 Å². The van der Waals surface area contributed by atoms with Crippen LogP contribution in [-0.4, -0.2) is 22.5 Å². The molecule has 1 N–H and O–H groups in total. The molecule has 122 valence electrons. The number of anilines is 1. The summed E-state index contributed by atoms with van der Waals surface area (Å²) in [5.41, 5.74) is 1.20. The zero-order chi connectivity index (χ0) is 17.0. The number of esters is 1. The predicted octanol–water partition coefficient (Wildman–Crippen LogP) is 3.71. The molecule has 0 aliphatic heterocycles. The zero-order valence-corrected chi connectivity index (χ0v) is 13.8. The molecule has 7 nitrogen and oxygen atoms in total. The number of hydrogen-bond donors (Lipinski definition) is 1. The molecule has 0 radical (unpaired) electrons. The van der Waals surface area contributed by atoms with Crippen molar-refractivity contribution in [3.05, 3.63) is 50.0 Å². The fourth-order valence-corrected chi connectivity index (χ4v) is 2.84. The van der Waals surface area contributed by atoms with Crippen LogP contribution in [0.25, 0.3) is 0 Å². The highest BCUT2D eigenvalue weighted by atomic mass is 32.1. The number of aryl methyl sites for hydroxylation is 1. The van der Waals surface area contributed by atoms with Crippen molar-refractivity contribution < 1.29 is 14.5 Å². The standard InChI is InChI=1S/C15H17N3O4S/c1-4-22-15(19)12-7-11(5-6-13(12)18(20)21)17-10(3)14-16-9(2)8-23-14/h5-8,10,17H,4H2,1-3H3. The van der Waals surface area contributed by atoms with Crippen molar-refractivity contribution >= 4 is 28.7 Å². The molecule has 0 bridgehead atoms. The molecule has 0 amide bonds. The number of nitro benzene ring substituents is 1. The van der Waals surface area contributed by atoms with Gasteiger partial charge in [-0.2, -0.15) is 0 Å². The van der Waals surface area contributed by atoms with E-state index < -0.39 is 10.9 Å². The number of hydrogen-bond acceptors (Lipinski definition) is 7. The summed E-state index contributed by atoms with van der Waals surface area (Å²) in [4.78, 5) is 26.8. The van der Waals surface area contributed by atoms with E-state index in [0.717, 1.165) is 10.7 Å². The van der Waals surface area contributed by atoms with Crippen LogP contribution in [0.5, 0.6) is 0 Å². The first-order valence-corrected chi connectivity index (χ1v) is 7.94. The third-order valence-corrected chi connectivity index (χ3v) is 4.22. The van der Waals surface area contributed by atoms with Crippen molar-refractivity contribution in [2.75, 3.05) is 11.9 Å². The van der Waals surface area contributed by atoms with Crippen LogP contribution in [0.1, 0.15) is 40.9 Å². The Morgan fingerprint density at radius 1 is 1.52 bits per heavy atom. The van der Waals surface area contributed by atoms with Crippen LogP contribution in [0.3, 0.4) is 0 Å². The molecule has 0 aliphatic rings. The highest BCUT2D eigenvalue weighted by Gasteiger charge is 2.22. The molecule has 2 aromatic rings. The second-order valence-electron chi connectivity index (χ2n) is 4.90. The van der Waals surface area contributed by atoms with Crippen molar-refractivity contribution in [1.29, 1.82) is 0 Å². The number of ether oxygens (including phenoxy) is 1. The minimum Gasteiger partial charge on any atom is -0.462 e. The number of thiazole rings is 1. The van der Waals surface area contributed by atoms with Crippen LogP contribution >= 0.6 is 11.3 Å². The van der Waals surface area contributed by atoms with Gasteiger partial charge in [-0.1, -0.05) is 0 Å². The molecule has 1 atom stereocenters. The van der Waals surface area contributed by atoms with E-state index in [1.165, 1.54) is 23.5 Å². The monoisotopic (exact) mass is 335 g/mol. The van der Waals surface area contributed by atoms with Crippen molar-refractivity contribution in [1.82, 2.24) is 4.98 Å². The zero-order valence-electron chi connectivity index (χ0n) is 13.0. The lowest BCUT2D eigenvalue weighted by Crippen LogP contribution is -2.11. The van der Waals surface area contributed by atoms with Gasteiger partial charge in [0.05, 0.1) is 17.6 Å². The molecule has 0 fully saturated rings. The number of nitrogens with zero attached hydrogens (tertiary/aromatic N) is 2. The summed E-state index contributed by atoms with van der Waals surface area (Å²) in [6.07, 6.45) is 0. The Balaban J connectivity index is 2.27. The molecule has 0 aliphatic carbocycles. The average Bonchev–Trinajstić information content (AvgIpc) is 2.94. The number of carbonyl (C=O) groups is 1. The summed E-state index contributed by atoms with van der Waals surface area (Å²) in [6, 6.07) is 4.23. The Bertz CT molecular complexity index is 729. The Hall–Kier alpha value is -2.48. The van der Waals surface area contributed by atoms with Crippen molar-refractivity contribution in [2.24, 2.45) is 0 Å². The first-order valence-electron chi connectivity index (χ1n) is 7.06. The van der Waals surface area contributed by atoms with Gasteiger partial charge in [-0.05, 0) is 32.9 Å². The van der Waals surface area contributed by atoms with Gasteiger partial charge in [-0.25, -0.2) is 9.78 Å². The summed E-state index contributed by atoms with van der Waals surface area (Å²) in [5.74, 6) is -0.708. The highest BCUT2D eigenvalue weighted by molar-refractivity contribution is 7.09. The normalized spacial score (nSPS) is 11.8. The second kappa shape index (κ2) is 7.19. The molecule has 8 heteroatoms. The van der Waals surface area contributed by atoms with Crippen LogP contribution in [-0.2, 0) is 4.74 Å². The second-order valence-corrected chi connectivity index (χ2v) is 5.79. The van der Waals surface area contributed by atoms with Gasteiger partial charge in [0.2, 0.25) is 0 Å². The first-order chi connectivity index (χ1) is 10.9. The van der Waals surface area contributed by atoms with Gasteiger partial charge in [0.15, 0.2) is 0 Å². The average molecular weight is 335 g/mol. The molecule has 1 heterocycles. The van der Waals surface area contributed by atoms with Crippen molar-refractivity contribution in [2.45, 2.75) is 26.8 Å². The molecular weight excluding hydrogens is 318 g/mol. The summed E-state index contributed by atoms with van der Waals surface area (Å²) in [6.45, 7) is 5.66. The van der Waals surface area contributed by atoms with E-state index in [2.05, 4.69) is 10.3 Å². The molecule has 0 saturated carbocycles. The van der Waals surface area contributed by atoms with E-state index in [9.17, 15) is 14.9 Å². The topological polar surface area (TPSA) is 94.4 Å². The predicted molar refractivity (Wildman–Crippen MR) is 87.9 cm³/mol. The largest absolute Gasteiger partial charge is 0.462 e. The fraction of sp³-hybridized carbons (Fsp3) is 0.333. The molecule has 2 rings (SSSR count). The maximum absolute atomic E-state index is 11.9. The number of benzene rings is 1. The SMILES string of the molecule is CCOC(=O)c1cc(NC(C)c2nc(C)cs2)ccc1[N+](=O)[O-]. The summed E-state index contributed by atoms with van der Waals surface area (Å²) < 4.78 is 4.89. The molecule has 23 heavy (non-hydrogen) atoms. The van der Waals surface area contributed by atoms with E-state index in [-0.39, 0.29) is 23.9 Å². The lowest BCUT2D eigenvalue weighted by Gasteiger charge is -2.13. The van der Waals surface area contributed by atoms with Gasteiger partial charge in [0, 0.05) is 22.8 Å². The third-order valence-electron chi connectivity index (χ3n) is 3.08. The van der Waals surface area contributed by atoms with E-state index in [4.69, 9.17) is 4.74 Å². The summed E-state index contributed by atoms with van der Waals surface area (Å²) in [5, 5.41) is 17.1. The summed E-state index contributed by atoms with van der Waals surface area (Å²) >= 11 is 1.53. The Morgan fingerprint density at radius 2 is 2.26 bits per heavy atom. The molecule has 0 spiro atoms. The molecule has 0 saturated heterocycles. The molecule has 1 unspecified atom stereocenters. The van der Waals surface area contributed by atoms with Crippen LogP contribution in [0.15, 0.2) is 23.6 Å². The Morgan fingerprint density at radius 3 is 2.83 bits per heavy atom. The van der Waals surface area contributed by atoms with Crippen LogP contribution in [0, 0.1) is 17.0 Å². The number of aromatic nitrogens is 1. The lowest BCUT2D eigenvalue weighted by molar-refractivity contribution is -0.385. The Labute approximate surface area is 137 Å². The quantitative estimate of drug-likeness (QED) is 0.491. The molecule has 1 aromatic carbocycles. The first kappa shape index (κ1) is 16.9. The highest BCUT2D eigenvalue weighted by Crippen LogP contribution is 2.27. The van der Waals surface area contributed by atoms with Gasteiger partial charge < -0.3 is 10.1 Å². The van der Waals surface area contributed by atoms with E-state index in [0.29, 0.717) is 5.69 Å². The Kier molecular flexibility index (Phi) is 5.28. The lowest BCUT2D eigenvalue weighted by atomic mass is 10.1. The van der Waals surface area contributed by atoms with Crippen LogP contribution in [0.2, 0.25) is 0 Å². The molecular formula is C15H17N3O4S. The minimum absolute atomic E-state index is 0.0654. The van der Waals surface area contributed by atoms with E-state index >= 15 is 0 Å². The maximum atomic E-state index is 11.9. The van der Waals surface area contributed by atoms with Crippen molar-refractivity contribution in [3.8, 4) is 0 Å². The van der Waals surface area contributed by atoms with Crippen molar-refractivity contribution in [3.63, 3.8) is 0 Å². The number of nitro groups is 1. The number of nitrogens with one attached hydrogen (secondary N) is 1. The summed E-state index contributed by atoms with van der Waals surface area (Å²) in [7, 11) is 0. The van der Waals surface area contributed by atoms with E-state index in [1.54, 1.807) is 13.0 Å².